The average molecular weight is 366 g/mol. The van der Waals surface area contributed by atoms with Crippen molar-refractivity contribution in [1.82, 2.24) is 9.97 Å². The van der Waals surface area contributed by atoms with Crippen molar-refractivity contribution < 1.29 is 37.5 Å². The number of nitrogens with one attached hydrogen (secondary N) is 1. The SMILES string of the molecule is COc1cc[n+](-c2nc3ccc(OC(F)F)cc3[nH]2)c(C(=O)O)c1OC. The van der Waals surface area contributed by atoms with E-state index >= 15 is 0 Å². The Morgan fingerprint density at radius 3 is 2.65 bits per heavy atom. The molecule has 3 rings (SSSR count). The minimum atomic E-state index is -2.95. The molecule has 3 aromatic rings. The lowest BCUT2D eigenvalue weighted by Gasteiger charge is -2.11. The van der Waals surface area contributed by atoms with Crippen molar-refractivity contribution in [2.75, 3.05) is 14.2 Å². The largest absolute Gasteiger partial charge is 0.493 e. The molecule has 2 N–H and O–H groups in total. The number of hydrogen-bond acceptors (Lipinski definition) is 5. The van der Waals surface area contributed by atoms with E-state index in [1.165, 1.54) is 49.2 Å². The number of nitrogens with zero attached hydrogens (tertiary/aromatic N) is 2. The van der Waals surface area contributed by atoms with Crippen LogP contribution in [-0.4, -0.2) is 41.9 Å². The number of hydrogen-bond donors (Lipinski definition) is 2. The fraction of sp³-hybridized carbons (Fsp3) is 0.188. The van der Waals surface area contributed by atoms with Crippen molar-refractivity contribution in [3.8, 4) is 23.2 Å². The third kappa shape index (κ3) is 3.08. The van der Waals surface area contributed by atoms with Gasteiger partial charge >= 0.3 is 18.5 Å². The Balaban J connectivity index is 2.15. The molecule has 0 aliphatic heterocycles. The van der Waals surface area contributed by atoms with E-state index < -0.39 is 12.6 Å². The number of benzene rings is 1. The number of ether oxygens (including phenoxy) is 3. The van der Waals surface area contributed by atoms with Gasteiger partial charge in [-0.15, -0.1) is 0 Å². The molecule has 0 radical (unpaired) electrons. The second-order valence-electron chi connectivity index (χ2n) is 5.06. The number of carboxylic acid groups (broad SMARTS) is 1. The number of pyridine rings is 1. The molecule has 2 heterocycles. The summed E-state index contributed by atoms with van der Waals surface area (Å²) < 4.78 is 40.6. The number of aromatic amines is 1. The molecule has 1 aromatic carbocycles. The molecule has 10 heteroatoms. The number of H-pyrrole nitrogens is 1. The third-order valence-corrected chi connectivity index (χ3v) is 3.58. The maximum Gasteiger partial charge on any atom is 0.402 e. The van der Waals surface area contributed by atoms with Crippen LogP contribution in [0.25, 0.3) is 17.0 Å². The quantitative estimate of drug-likeness (QED) is 0.649. The highest BCUT2D eigenvalue weighted by Crippen LogP contribution is 2.29. The molecule has 0 saturated carbocycles. The van der Waals surface area contributed by atoms with Crippen molar-refractivity contribution in [2.45, 2.75) is 6.61 Å². The summed E-state index contributed by atoms with van der Waals surface area (Å²) >= 11 is 0. The molecule has 0 unspecified atom stereocenters. The molecular formula is C16H14F2N3O5+. The Hall–Kier alpha value is -3.43. The minimum absolute atomic E-state index is 0.0182. The highest BCUT2D eigenvalue weighted by Gasteiger charge is 2.28. The Labute approximate surface area is 145 Å². The Morgan fingerprint density at radius 2 is 2.04 bits per heavy atom. The molecule has 0 spiro atoms. The highest BCUT2D eigenvalue weighted by molar-refractivity contribution is 5.88. The maximum absolute atomic E-state index is 12.3. The van der Waals surface area contributed by atoms with Gasteiger partial charge in [0.1, 0.15) is 11.3 Å². The summed E-state index contributed by atoms with van der Waals surface area (Å²) in [6.07, 6.45) is 1.44. The third-order valence-electron chi connectivity index (χ3n) is 3.58. The summed E-state index contributed by atoms with van der Waals surface area (Å²) in [4.78, 5) is 18.9. The van der Waals surface area contributed by atoms with E-state index in [1.807, 2.05) is 0 Å². The molecule has 26 heavy (non-hydrogen) atoms. The van der Waals surface area contributed by atoms with Crippen molar-refractivity contribution in [2.24, 2.45) is 0 Å². The lowest BCUT2D eigenvalue weighted by atomic mass is 10.3. The van der Waals surface area contributed by atoms with Gasteiger partial charge in [-0.3, -0.25) is 0 Å². The van der Waals surface area contributed by atoms with Crippen molar-refractivity contribution in [1.29, 1.82) is 0 Å². The van der Waals surface area contributed by atoms with Gasteiger partial charge in [0.25, 0.3) is 0 Å². The van der Waals surface area contributed by atoms with Crippen LogP contribution in [0.3, 0.4) is 0 Å². The van der Waals surface area contributed by atoms with E-state index in [0.717, 1.165) is 0 Å². The van der Waals surface area contributed by atoms with Gasteiger partial charge in [-0.25, -0.2) is 9.78 Å². The molecule has 0 atom stereocenters. The molecule has 0 fully saturated rings. The Kier molecular flexibility index (Phi) is 4.57. The monoisotopic (exact) mass is 366 g/mol. The average Bonchev–Trinajstić information content (AvgIpc) is 3.02. The van der Waals surface area contributed by atoms with Crippen LogP contribution in [0.5, 0.6) is 17.2 Å². The smallest absolute Gasteiger partial charge is 0.402 e. The van der Waals surface area contributed by atoms with Gasteiger partial charge in [0, 0.05) is 12.1 Å². The van der Waals surface area contributed by atoms with Crippen LogP contribution in [0.1, 0.15) is 10.5 Å². The summed E-state index contributed by atoms with van der Waals surface area (Å²) in [5, 5.41) is 9.58. The molecule has 0 aliphatic rings. The van der Waals surface area contributed by atoms with Gasteiger partial charge in [-0.2, -0.15) is 13.3 Å². The molecule has 0 saturated heterocycles. The van der Waals surface area contributed by atoms with Crippen molar-refractivity contribution >= 4 is 17.0 Å². The molecular weight excluding hydrogens is 352 g/mol. The predicted molar refractivity (Wildman–Crippen MR) is 84.3 cm³/mol. The van der Waals surface area contributed by atoms with Gasteiger partial charge in [0.05, 0.1) is 20.4 Å². The number of methoxy groups -OCH3 is 2. The number of fused-ring (bicyclic) bond motifs is 1. The molecule has 0 amide bonds. The zero-order chi connectivity index (χ0) is 18.8. The van der Waals surface area contributed by atoms with Gasteiger partial charge in [-0.1, -0.05) is 4.98 Å². The van der Waals surface area contributed by atoms with Gasteiger partial charge in [0.15, 0.2) is 11.3 Å². The second kappa shape index (κ2) is 6.82. The first-order chi connectivity index (χ1) is 12.4. The fourth-order valence-corrected chi connectivity index (χ4v) is 2.52. The Morgan fingerprint density at radius 1 is 1.27 bits per heavy atom. The van der Waals surface area contributed by atoms with Gasteiger partial charge in [-0.05, 0) is 12.1 Å². The van der Waals surface area contributed by atoms with E-state index in [-0.39, 0.29) is 28.9 Å². The van der Waals surface area contributed by atoms with E-state index in [0.29, 0.717) is 11.0 Å². The molecule has 0 aliphatic carbocycles. The fourth-order valence-electron chi connectivity index (χ4n) is 2.52. The normalized spacial score (nSPS) is 11.0. The number of halogens is 2. The molecule has 136 valence electrons. The minimum Gasteiger partial charge on any atom is -0.493 e. The van der Waals surface area contributed by atoms with Crippen molar-refractivity contribution in [3.05, 3.63) is 36.2 Å². The summed E-state index contributed by atoms with van der Waals surface area (Å²) in [5.74, 6) is -0.886. The van der Waals surface area contributed by atoms with Gasteiger partial charge in [0.2, 0.25) is 11.4 Å². The molecule has 0 bridgehead atoms. The number of carboxylic acids is 1. The number of carbonyl (C=O) groups is 1. The lowest BCUT2D eigenvalue weighted by molar-refractivity contribution is -0.606. The van der Waals surface area contributed by atoms with Crippen LogP contribution >= 0.6 is 0 Å². The Bertz CT molecular complexity index is 974. The summed E-state index contributed by atoms with van der Waals surface area (Å²) in [7, 11) is 2.71. The lowest BCUT2D eigenvalue weighted by Crippen LogP contribution is -2.39. The first-order valence-corrected chi connectivity index (χ1v) is 7.29. The van der Waals surface area contributed by atoms with E-state index in [2.05, 4.69) is 14.7 Å². The standard InChI is InChI=1S/C16H13F2N3O5/c1-24-11-5-6-21(12(14(22)23)13(11)25-2)16-19-9-4-3-8(26-15(17)18)7-10(9)20-16/h3-7,15H,1-2H3,(H-,19,20,22,23)/p+1. The zero-order valence-electron chi connectivity index (χ0n) is 13.7. The first-order valence-electron chi connectivity index (χ1n) is 7.29. The highest BCUT2D eigenvalue weighted by atomic mass is 19.3. The van der Waals surface area contributed by atoms with Crippen LogP contribution in [0.4, 0.5) is 8.78 Å². The number of imidazole rings is 1. The van der Waals surface area contributed by atoms with Crippen LogP contribution in [-0.2, 0) is 0 Å². The van der Waals surface area contributed by atoms with E-state index in [9.17, 15) is 18.7 Å². The maximum atomic E-state index is 12.3. The van der Waals surface area contributed by atoms with Crippen LogP contribution in [0.15, 0.2) is 30.5 Å². The van der Waals surface area contributed by atoms with Crippen molar-refractivity contribution in [3.63, 3.8) is 0 Å². The van der Waals surface area contributed by atoms with Crippen LogP contribution in [0.2, 0.25) is 0 Å². The zero-order valence-corrected chi connectivity index (χ0v) is 13.7. The predicted octanol–water partition coefficient (Wildman–Crippen LogP) is 2.16. The summed E-state index contributed by atoms with van der Waals surface area (Å²) in [6, 6.07) is 5.69. The first kappa shape index (κ1) is 17.4. The topological polar surface area (TPSA) is 97.6 Å². The number of alkyl halides is 2. The van der Waals surface area contributed by atoms with Crippen LogP contribution < -0.4 is 18.8 Å². The molecule has 8 nitrogen and oxygen atoms in total. The number of rotatable bonds is 6. The van der Waals surface area contributed by atoms with E-state index in [1.54, 1.807) is 0 Å². The summed E-state index contributed by atoms with van der Waals surface area (Å²) in [5.41, 5.74) is 0.631. The van der Waals surface area contributed by atoms with Crippen LogP contribution in [0, 0.1) is 0 Å². The van der Waals surface area contributed by atoms with E-state index in [4.69, 9.17) is 9.47 Å². The molecule has 2 aromatic heterocycles. The second-order valence-corrected chi connectivity index (χ2v) is 5.06. The summed E-state index contributed by atoms with van der Waals surface area (Å²) in [6.45, 7) is -2.95. The number of aromatic carboxylic acids is 1. The number of aromatic nitrogens is 3. The van der Waals surface area contributed by atoms with Gasteiger partial charge < -0.3 is 19.3 Å².